The Morgan fingerprint density at radius 2 is 0.700 bits per heavy atom. The average molecular weight is 642 g/mol. The monoisotopic (exact) mass is 641 g/mol. The van der Waals surface area contributed by atoms with Crippen LogP contribution < -0.4 is 0 Å². The van der Waals surface area contributed by atoms with Crippen molar-refractivity contribution in [3.8, 4) is 44.8 Å². The fraction of sp³-hybridized carbons (Fsp3) is 0. The Labute approximate surface area is 297 Å². The standard InChI is InChI=1S/C48H32N2/c1-3-11-33(12-4-1)34-19-21-35(22-20-34)36-23-27-40(28-24-36)50-46-18-10-8-16-42(46)44-32-38(26-30-48(44)50)37-25-29-47-43(31-37)41-15-7-9-17-45(41)49(47)39-13-5-2-6-14-39/h1-32H/i1D,3D,4D,11D,12D. The third-order valence-electron chi connectivity index (χ3n) is 9.83. The largest absolute Gasteiger partial charge is 0.309 e. The Morgan fingerprint density at radius 1 is 0.300 bits per heavy atom. The molecule has 0 fully saturated rings. The topological polar surface area (TPSA) is 9.86 Å². The van der Waals surface area contributed by atoms with Gasteiger partial charge in [0, 0.05) is 32.9 Å². The molecule has 2 heterocycles. The number of para-hydroxylation sites is 3. The molecule has 0 bridgehead atoms. The highest BCUT2D eigenvalue weighted by atomic mass is 15.0. The summed E-state index contributed by atoms with van der Waals surface area (Å²) in [5.41, 5.74) is 11.9. The fourth-order valence-corrected chi connectivity index (χ4v) is 7.46. The van der Waals surface area contributed by atoms with E-state index in [4.69, 9.17) is 6.85 Å². The van der Waals surface area contributed by atoms with Crippen molar-refractivity contribution >= 4 is 43.6 Å². The van der Waals surface area contributed by atoms with Gasteiger partial charge in [-0.05, 0) is 94.0 Å². The number of nitrogens with zero attached hydrogens (tertiary/aromatic N) is 2. The quantitative estimate of drug-likeness (QED) is 0.177. The van der Waals surface area contributed by atoms with Gasteiger partial charge in [0.05, 0.1) is 28.9 Å². The van der Waals surface area contributed by atoms with Crippen LogP contribution in [0.2, 0.25) is 0 Å². The smallest absolute Gasteiger partial charge is 0.0629 e. The highest BCUT2D eigenvalue weighted by Crippen LogP contribution is 2.38. The van der Waals surface area contributed by atoms with Crippen LogP contribution in [0.5, 0.6) is 0 Å². The van der Waals surface area contributed by atoms with E-state index in [2.05, 4.69) is 149 Å². The number of benzene rings is 8. The van der Waals surface area contributed by atoms with Gasteiger partial charge in [-0.2, -0.15) is 0 Å². The minimum Gasteiger partial charge on any atom is -0.309 e. The summed E-state index contributed by atoms with van der Waals surface area (Å²) in [6.07, 6.45) is 0. The van der Waals surface area contributed by atoms with E-state index in [9.17, 15) is 0 Å². The van der Waals surface area contributed by atoms with Crippen LogP contribution in [0.3, 0.4) is 0 Å². The number of hydrogen-bond donors (Lipinski definition) is 0. The lowest BCUT2D eigenvalue weighted by Gasteiger charge is -2.11. The summed E-state index contributed by atoms with van der Waals surface area (Å²) >= 11 is 0. The lowest BCUT2D eigenvalue weighted by Crippen LogP contribution is -1.94. The van der Waals surface area contributed by atoms with Crippen molar-refractivity contribution in [3.05, 3.63) is 194 Å². The van der Waals surface area contributed by atoms with E-state index in [-0.39, 0.29) is 35.8 Å². The van der Waals surface area contributed by atoms with Crippen molar-refractivity contribution < 1.29 is 6.85 Å². The normalized spacial score (nSPS) is 13.0. The number of hydrogen-bond acceptors (Lipinski definition) is 0. The van der Waals surface area contributed by atoms with E-state index >= 15 is 0 Å². The second-order valence-corrected chi connectivity index (χ2v) is 12.6. The summed E-state index contributed by atoms with van der Waals surface area (Å²) in [5.74, 6) is 0. The van der Waals surface area contributed by atoms with E-state index < -0.39 is 0 Å². The maximum absolute atomic E-state index is 8.36. The molecule has 10 aromatic rings. The Balaban J connectivity index is 1.02. The van der Waals surface area contributed by atoms with Crippen LogP contribution in [0.15, 0.2) is 194 Å². The molecule has 0 N–H and O–H groups in total. The first kappa shape index (κ1) is 23.6. The van der Waals surface area contributed by atoms with Crippen LogP contribution in [-0.2, 0) is 0 Å². The molecule has 0 atom stereocenters. The van der Waals surface area contributed by atoms with Crippen LogP contribution in [0, 0.1) is 0 Å². The molecule has 0 spiro atoms. The van der Waals surface area contributed by atoms with Gasteiger partial charge in [0.1, 0.15) is 0 Å². The summed E-state index contributed by atoms with van der Waals surface area (Å²) in [7, 11) is 0. The molecule has 234 valence electrons. The Hall–Kier alpha value is -6.64. The fourth-order valence-electron chi connectivity index (χ4n) is 7.46. The molecule has 2 nitrogen and oxygen atoms in total. The van der Waals surface area contributed by atoms with E-state index in [1.165, 1.54) is 38.1 Å². The third-order valence-corrected chi connectivity index (χ3v) is 9.83. The molecule has 0 saturated carbocycles. The van der Waals surface area contributed by atoms with E-state index in [0.29, 0.717) is 5.56 Å². The van der Waals surface area contributed by atoms with Crippen LogP contribution in [-0.4, -0.2) is 9.13 Å². The summed E-state index contributed by atoms with van der Waals surface area (Å²) in [4.78, 5) is 0. The summed E-state index contributed by atoms with van der Waals surface area (Å²) < 4.78 is 45.4. The molecular weight excluding hydrogens is 605 g/mol. The van der Waals surface area contributed by atoms with E-state index in [1.807, 2.05) is 24.3 Å². The highest BCUT2D eigenvalue weighted by Gasteiger charge is 2.16. The van der Waals surface area contributed by atoms with Gasteiger partial charge in [0.15, 0.2) is 0 Å². The molecule has 50 heavy (non-hydrogen) atoms. The van der Waals surface area contributed by atoms with Crippen molar-refractivity contribution in [2.24, 2.45) is 0 Å². The van der Waals surface area contributed by atoms with Gasteiger partial charge in [-0.15, -0.1) is 0 Å². The van der Waals surface area contributed by atoms with Gasteiger partial charge in [0.2, 0.25) is 0 Å². The van der Waals surface area contributed by atoms with Gasteiger partial charge < -0.3 is 9.13 Å². The Bertz CT molecular complexity index is 3100. The Morgan fingerprint density at radius 3 is 1.24 bits per heavy atom. The molecule has 0 unspecified atom stereocenters. The van der Waals surface area contributed by atoms with Crippen LogP contribution >= 0.6 is 0 Å². The van der Waals surface area contributed by atoms with Crippen molar-refractivity contribution in [2.75, 3.05) is 0 Å². The van der Waals surface area contributed by atoms with Crippen molar-refractivity contribution in [2.45, 2.75) is 0 Å². The second-order valence-electron chi connectivity index (χ2n) is 12.6. The lowest BCUT2D eigenvalue weighted by atomic mass is 10.00. The minimum atomic E-state index is -0.388. The zero-order valence-electron chi connectivity index (χ0n) is 32.0. The SMILES string of the molecule is [2H]c1c([2H])c([2H])c(-c2ccc(-c3ccc(-n4c5ccccc5c5cc(-c6ccc7c(c6)c6ccccc6n7-c6ccccc6)ccc54)cc3)cc2)c([2H])c1[2H]. The van der Waals surface area contributed by atoms with Crippen LogP contribution in [0.4, 0.5) is 0 Å². The van der Waals surface area contributed by atoms with Gasteiger partial charge in [-0.1, -0.05) is 133 Å². The predicted octanol–water partition coefficient (Wildman–Crippen LogP) is 12.9. The van der Waals surface area contributed by atoms with Crippen molar-refractivity contribution in [3.63, 3.8) is 0 Å². The molecule has 0 aliphatic heterocycles. The first-order valence-electron chi connectivity index (χ1n) is 19.3. The van der Waals surface area contributed by atoms with E-state index in [1.54, 1.807) is 0 Å². The molecule has 2 aromatic heterocycles. The van der Waals surface area contributed by atoms with Crippen LogP contribution in [0.25, 0.3) is 88.4 Å². The average Bonchev–Trinajstić information content (AvgIpc) is 3.75. The van der Waals surface area contributed by atoms with Crippen molar-refractivity contribution in [1.82, 2.24) is 9.13 Å². The van der Waals surface area contributed by atoms with E-state index in [0.717, 1.165) is 39.1 Å². The first-order chi connectivity index (χ1) is 26.9. The van der Waals surface area contributed by atoms with Crippen molar-refractivity contribution in [1.29, 1.82) is 0 Å². The summed E-state index contributed by atoms with van der Waals surface area (Å²) in [6.45, 7) is 0. The number of rotatable bonds is 5. The minimum absolute atomic E-state index is 0.199. The second kappa shape index (κ2) is 11.5. The van der Waals surface area contributed by atoms with Gasteiger partial charge >= 0.3 is 0 Å². The van der Waals surface area contributed by atoms with Gasteiger partial charge in [-0.25, -0.2) is 0 Å². The molecule has 8 aromatic carbocycles. The lowest BCUT2D eigenvalue weighted by molar-refractivity contribution is 1.18. The molecule has 0 radical (unpaired) electrons. The van der Waals surface area contributed by atoms with Crippen LogP contribution in [0.1, 0.15) is 6.85 Å². The van der Waals surface area contributed by atoms with Gasteiger partial charge in [-0.3, -0.25) is 0 Å². The maximum atomic E-state index is 8.36. The number of fused-ring (bicyclic) bond motifs is 6. The molecule has 0 aliphatic rings. The Kier molecular flexibility index (Phi) is 5.44. The highest BCUT2D eigenvalue weighted by molar-refractivity contribution is 6.12. The molecular formula is C48H32N2. The number of aromatic nitrogens is 2. The zero-order valence-corrected chi connectivity index (χ0v) is 27.0. The molecule has 2 heteroatoms. The summed E-state index contributed by atoms with van der Waals surface area (Å²) in [6, 6.07) is 55.8. The maximum Gasteiger partial charge on any atom is 0.0629 e. The molecule has 10 rings (SSSR count). The summed E-state index contributed by atoms with van der Waals surface area (Å²) in [5, 5.41) is 4.83. The third kappa shape index (κ3) is 4.57. The predicted molar refractivity (Wildman–Crippen MR) is 211 cm³/mol. The zero-order chi connectivity index (χ0) is 37.4. The molecule has 0 aliphatic carbocycles. The molecule has 0 saturated heterocycles. The van der Waals surface area contributed by atoms with Gasteiger partial charge in [0.25, 0.3) is 0 Å². The molecule has 0 amide bonds. The first-order valence-corrected chi connectivity index (χ1v) is 16.8.